The summed E-state index contributed by atoms with van der Waals surface area (Å²) in [4.78, 5) is 12.4. The van der Waals surface area contributed by atoms with Crippen LogP contribution in [0.25, 0.3) is 22.3 Å². The van der Waals surface area contributed by atoms with Crippen LogP contribution in [-0.4, -0.2) is 27.8 Å². The molecule has 1 aromatic rings. The van der Waals surface area contributed by atoms with E-state index in [0.717, 1.165) is 85.7 Å². The van der Waals surface area contributed by atoms with E-state index >= 15 is 0 Å². The van der Waals surface area contributed by atoms with Crippen molar-refractivity contribution in [3.05, 3.63) is 46.3 Å². The molecule has 0 aromatic heterocycles. The summed E-state index contributed by atoms with van der Waals surface area (Å²) >= 11 is 3.61. The number of nitrogens with zero attached hydrogens (tertiary/aromatic N) is 1. The van der Waals surface area contributed by atoms with Gasteiger partial charge in [0.05, 0.1) is 28.1 Å². The normalized spacial score (nSPS) is 12.5. The second-order valence-corrected chi connectivity index (χ2v) is 15.4. The molecule has 300 valence electrons. The van der Waals surface area contributed by atoms with Gasteiger partial charge in [-0.25, -0.2) is 8.78 Å². The van der Waals surface area contributed by atoms with Crippen molar-refractivity contribution in [2.45, 2.75) is 162 Å². The van der Waals surface area contributed by atoms with E-state index in [0.29, 0.717) is 29.1 Å². The summed E-state index contributed by atoms with van der Waals surface area (Å²) in [6.45, 7) is 8.71. The van der Waals surface area contributed by atoms with Crippen LogP contribution in [0.1, 0.15) is 161 Å². The number of halogens is 1. The fourth-order valence-electron chi connectivity index (χ4n) is 6.97. The van der Waals surface area contributed by atoms with Crippen LogP contribution in [0.3, 0.4) is 0 Å². The maximum Gasteiger partial charge on any atom is 0.203 e. The number of aliphatic carboxylic acids is 1. The second kappa shape index (κ2) is 28.0. The van der Waals surface area contributed by atoms with Crippen LogP contribution in [-0.2, 0) is 26.9 Å². The van der Waals surface area contributed by atoms with Crippen LogP contribution in [0.4, 0.5) is 5.69 Å². The smallest absolute Gasteiger partial charge is 0.203 e. The maximum atomic E-state index is 12.4. The highest BCUT2D eigenvalue weighted by molar-refractivity contribution is 7.73. The van der Waals surface area contributed by atoms with Gasteiger partial charge in [0.15, 0.2) is 0 Å². The van der Waals surface area contributed by atoms with Crippen LogP contribution in [0.15, 0.2) is 34.7 Å². The van der Waals surface area contributed by atoms with Crippen LogP contribution in [0.5, 0.6) is 0 Å². The Hall–Kier alpha value is -2.50. The first-order valence-electron chi connectivity index (χ1n) is 20.3. The van der Waals surface area contributed by atoms with Crippen molar-refractivity contribution in [1.82, 2.24) is 4.58 Å². The van der Waals surface area contributed by atoms with Gasteiger partial charge in [-0.05, 0) is 30.5 Å². The minimum atomic E-state index is -2.88. The minimum absolute atomic E-state index is 0.374. The zero-order valence-corrected chi connectivity index (χ0v) is 34.2. The van der Waals surface area contributed by atoms with Crippen LogP contribution >= 0.6 is 11.6 Å². The molecule has 1 aromatic carbocycles. The van der Waals surface area contributed by atoms with E-state index in [-0.39, 0.29) is 0 Å². The van der Waals surface area contributed by atoms with Crippen molar-refractivity contribution >= 4 is 45.6 Å². The van der Waals surface area contributed by atoms with Crippen LogP contribution < -0.4 is 26.0 Å². The Morgan fingerprint density at radius 2 is 1.30 bits per heavy atom. The molecule has 11 heteroatoms. The minimum Gasteiger partial charge on any atom is -0.750 e. The molecule has 2 N–H and O–H groups in total. The first-order valence-corrected chi connectivity index (χ1v) is 21.7. The summed E-state index contributed by atoms with van der Waals surface area (Å²) in [5.74, 6) is -0.817. The van der Waals surface area contributed by atoms with E-state index in [1.54, 1.807) is 6.07 Å². The number of carbonyl (C=O) groups is 1. The highest BCUT2D eigenvalue weighted by atomic mass is 35.5. The molecule has 0 spiro atoms. The molecule has 0 saturated carbocycles. The summed E-state index contributed by atoms with van der Waals surface area (Å²) in [7, 11) is 0. The summed E-state index contributed by atoms with van der Waals surface area (Å²) in [5.41, 5.74) is 9.14. The van der Waals surface area contributed by atoms with Crippen molar-refractivity contribution in [2.75, 3.05) is 18.8 Å². The lowest BCUT2D eigenvalue weighted by Gasteiger charge is -2.22. The fourth-order valence-corrected chi connectivity index (χ4v) is 7.13. The third-order valence-electron chi connectivity index (χ3n) is 10.1. The van der Waals surface area contributed by atoms with Gasteiger partial charge in [-0.3, -0.25) is 0 Å². The van der Waals surface area contributed by atoms with Gasteiger partial charge in [0.2, 0.25) is 5.36 Å². The number of hydrogen-bond donors (Lipinski definition) is 1. The lowest BCUT2D eigenvalue weighted by molar-refractivity contribution is -0.635. The topological polar surface area (TPSA) is 155 Å². The maximum absolute atomic E-state index is 12.4. The number of carboxylic acid groups (broad SMARTS) is 1. The number of anilines is 1. The molecule has 1 heterocycles. The molecule has 0 saturated heterocycles. The lowest BCUT2D eigenvalue weighted by atomic mass is 9.88. The molecule has 9 nitrogen and oxygen atoms in total. The molecule has 53 heavy (non-hydrogen) atoms. The van der Waals surface area contributed by atoms with Gasteiger partial charge in [0.25, 0.3) is 0 Å². The molecule has 0 fully saturated rings. The number of hydrogen-bond acceptors (Lipinski definition) is 8. The molecule has 1 aliphatic heterocycles. The number of unbranched alkanes of at least 4 members (excludes halogenated alkanes) is 17. The molecule has 0 radical (unpaired) electrons. The molecule has 2 aliphatic rings. The first kappa shape index (κ1) is 46.7. The Labute approximate surface area is 326 Å². The number of carbonyl (C=O) groups excluding carboxylic acids is 1. The molecular formula is C42H65ClN2O7S-2. The average Bonchev–Trinajstić information content (AvgIpc) is 3.14. The summed E-state index contributed by atoms with van der Waals surface area (Å²) in [6, 6.07) is 9.95. The molecular weight excluding hydrogens is 712 g/mol. The molecule has 3 rings (SSSR count). The summed E-state index contributed by atoms with van der Waals surface area (Å²) < 4.78 is 28.9. The number of fused-ring (bicyclic) bond motifs is 2. The van der Waals surface area contributed by atoms with Gasteiger partial charge in [0, 0.05) is 47.8 Å². The lowest BCUT2D eigenvalue weighted by Crippen LogP contribution is -2.33. The highest BCUT2D eigenvalue weighted by Crippen LogP contribution is 2.38. The number of carboxylic acids is 1. The van der Waals surface area contributed by atoms with Gasteiger partial charge in [-0.15, -0.1) is 0 Å². The zero-order valence-electron chi connectivity index (χ0n) is 32.6. The third-order valence-corrected chi connectivity index (χ3v) is 10.5. The van der Waals surface area contributed by atoms with E-state index in [1.807, 2.05) is 6.07 Å². The predicted octanol–water partition coefficient (Wildman–Crippen LogP) is 8.78. The molecule has 0 amide bonds. The van der Waals surface area contributed by atoms with E-state index in [4.69, 9.17) is 35.8 Å². The number of nitrogens with two attached hydrogens (primary N) is 1. The largest absolute Gasteiger partial charge is 0.750 e. The van der Waals surface area contributed by atoms with E-state index in [9.17, 15) is 9.90 Å². The highest BCUT2D eigenvalue weighted by Gasteiger charge is 2.22. The Morgan fingerprint density at radius 3 is 1.77 bits per heavy atom. The van der Waals surface area contributed by atoms with Gasteiger partial charge in [-0.2, -0.15) is 0 Å². The van der Waals surface area contributed by atoms with Crippen molar-refractivity contribution in [3.8, 4) is 11.3 Å². The molecule has 2 atom stereocenters. The van der Waals surface area contributed by atoms with E-state index in [2.05, 4.69) is 47.9 Å². The van der Waals surface area contributed by atoms with Gasteiger partial charge in [-0.1, -0.05) is 148 Å². The van der Waals surface area contributed by atoms with Gasteiger partial charge < -0.3 is 34.2 Å². The van der Waals surface area contributed by atoms with E-state index < -0.39 is 23.2 Å². The Morgan fingerprint density at radius 1 is 0.811 bits per heavy atom. The van der Waals surface area contributed by atoms with Gasteiger partial charge >= 0.3 is 0 Å². The molecule has 1 aliphatic carbocycles. The van der Waals surface area contributed by atoms with Crippen LogP contribution in [0, 0.1) is 5.92 Å². The quantitative estimate of drug-likeness (QED) is 0.0153. The first-order chi connectivity index (χ1) is 25.7. The van der Waals surface area contributed by atoms with Crippen LogP contribution in [0.2, 0.25) is 5.02 Å². The van der Waals surface area contributed by atoms with Crippen molar-refractivity contribution in [3.63, 3.8) is 0 Å². The number of nitrogen functional groups attached to an aromatic ring is 1. The monoisotopic (exact) mass is 776 g/mol. The third kappa shape index (κ3) is 18.1. The summed E-state index contributed by atoms with van der Waals surface area (Å²) in [6.07, 6.45) is 26.3. The summed E-state index contributed by atoms with van der Waals surface area (Å²) in [5, 5.41) is 23.4. The van der Waals surface area contributed by atoms with Crippen molar-refractivity contribution in [2.24, 2.45) is 5.92 Å². The second-order valence-electron chi connectivity index (χ2n) is 14.4. The SMILES string of the molecule is CCCCCCCCCCCCCCCCCCC(Cc1c2ccc(=[N+](CCCC)CCCC)cc-2oc2cc(N)c(Cl)cc12)C(=O)[O-].O=S([O-])O[O-]. The Balaban J connectivity index is 0.00000181. The Bertz CT molecular complexity index is 1520. The zero-order chi connectivity index (χ0) is 38.8. The number of rotatable bonds is 27. The van der Waals surface area contributed by atoms with E-state index in [1.165, 1.54) is 83.5 Å². The standard InChI is InChI=1S/C42H65ClN2O3.H2O4S/c1-4-7-10-11-12-13-14-15-16-17-18-19-20-21-22-23-24-33(42(46)47)29-36-35-26-25-34(45(27-8-5-2)28-9-6-3)30-40(35)48-41-32-39(44)38(43)31-37(36)41;1-4-5(2)3/h25-26,30-33,44H,4-24,27-29H2,1-3H3,(H,46,47);1H,(H,2,3)/p-2. The average molecular weight is 778 g/mol. The van der Waals surface area contributed by atoms with Gasteiger partial charge in [0.1, 0.15) is 24.4 Å². The molecule has 0 bridgehead atoms. The van der Waals surface area contributed by atoms with Crippen molar-refractivity contribution in [1.29, 1.82) is 0 Å². The molecule has 2 unspecified atom stereocenters. The fraction of sp³-hybridized carbons (Fsp3) is 0.667. The predicted molar refractivity (Wildman–Crippen MR) is 213 cm³/mol. The Kier molecular flexibility index (Phi) is 24.6. The van der Waals surface area contributed by atoms with Crippen molar-refractivity contribution < 1.29 is 32.7 Å². The number of benzene rings is 2.